The summed E-state index contributed by atoms with van der Waals surface area (Å²) in [4.78, 5) is 14.9. The van der Waals surface area contributed by atoms with Gasteiger partial charge in [-0.3, -0.25) is 10.1 Å². The number of morpholine rings is 1. The fourth-order valence-corrected chi connectivity index (χ4v) is 3.63. The van der Waals surface area contributed by atoms with Crippen LogP contribution in [0.25, 0.3) is 0 Å². The van der Waals surface area contributed by atoms with Gasteiger partial charge >= 0.3 is 0 Å². The second-order valence-corrected chi connectivity index (χ2v) is 7.73. The molecule has 0 unspecified atom stereocenters. The third-order valence-electron chi connectivity index (χ3n) is 5.10. The summed E-state index contributed by atoms with van der Waals surface area (Å²) in [6.45, 7) is 3.50. The minimum absolute atomic E-state index is 0.250. The average molecular weight is 448 g/mol. The van der Waals surface area contributed by atoms with Crippen molar-refractivity contribution in [3.8, 4) is 5.75 Å². The van der Waals surface area contributed by atoms with E-state index in [2.05, 4.69) is 15.5 Å². The van der Waals surface area contributed by atoms with E-state index in [1.165, 1.54) is 0 Å². The number of anilines is 2. The summed E-state index contributed by atoms with van der Waals surface area (Å²) in [6, 6.07) is 24.8. The molecule has 7 heteroatoms. The lowest BCUT2D eigenvalue weighted by atomic mass is 10.2. The van der Waals surface area contributed by atoms with Gasteiger partial charge in [-0.15, -0.1) is 0 Å². The van der Waals surface area contributed by atoms with Crippen LogP contribution in [-0.2, 0) is 11.3 Å². The molecule has 1 amide bonds. The standard InChI is InChI=1S/C25H25N3O3S/c29-24(20-10-12-21(13-11-20)31-18-19-6-2-1-3-7-19)27-25(32)26-22-8-4-5-9-23(22)28-14-16-30-17-15-28/h1-13H,14-18H2,(H2,26,27,29,32). The summed E-state index contributed by atoms with van der Waals surface area (Å²) in [7, 11) is 0. The van der Waals surface area contributed by atoms with Crippen molar-refractivity contribution in [1.82, 2.24) is 5.32 Å². The van der Waals surface area contributed by atoms with Gasteiger partial charge in [-0.2, -0.15) is 0 Å². The van der Waals surface area contributed by atoms with Gasteiger partial charge in [-0.05, 0) is 54.2 Å². The number of thiocarbonyl (C=S) groups is 1. The lowest BCUT2D eigenvalue weighted by molar-refractivity contribution is 0.0977. The summed E-state index contributed by atoms with van der Waals surface area (Å²) in [6.07, 6.45) is 0. The molecular weight excluding hydrogens is 422 g/mol. The molecule has 1 fully saturated rings. The molecule has 1 aliphatic rings. The maximum Gasteiger partial charge on any atom is 0.257 e. The number of para-hydroxylation sites is 2. The van der Waals surface area contributed by atoms with Crippen LogP contribution in [-0.4, -0.2) is 37.3 Å². The molecule has 1 aliphatic heterocycles. The van der Waals surface area contributed by atoms with Gasteiger partial charge in [0.15, 0.2) is 5.11 Å². The summed E-state index contributed by atoms with van der Waals surface area (Å²) in [5.74, 6) is 0.423. The van der Waals surface area contributed by atoms with E-state index < -0.39 is 0 Å². The third kappa shape index (κ3) is 5.84. The Labute approximate surface area is 193 Å². The third-order valence-corrected chi connectivity index (χ3v) is 5.30. The number of rotatable bonds is 6. The second-order valence-electron chi connectivity index (χ2n) is 7.32. The zero-order valence-electron chi connectivity index (χ0n) is 17.6. The Morgan fingerprint density at radius 3 is 2.38 bits per heavy atom. The van der Waals surface area contributed by atoms with Crippen LogP contribution < -0.4 is 20.3 Å². The summed E-state index contributed by atoms with van der Waals surface area (Å²) >= 11 is 5.38. The number of benzene rings is 3. The fourth-order valence-electron chi connectivity index (χ4n) is 3.43. The van der Waals surface area contributed by atoms with Crippen LogP contribution in [0, 0.1) is 0 Å². The molecule has 3 aromatic carbocycles. The van der Waals surface area contributed by atoms with Gasteiger partial charge in [0.2, 0.25) is 0 Å². The Morgan fingerprint density at radius 2 is 1.62 bits per heavy atom. The van der Waals surface area contributed by atoms with Gasteiger partial charge in [-0.1, -0.05) is 42.5 Å². The molecule has 0 radical (unpaired) electrons. The quantitative estimate of drug-likeness (QED) is 0.552. The average Bonchev–Trinajstić information content (AvgIpc) is 2.84. The molecule has 0 aromatic heterocycles. The summed E-state index contributed by atoms with van der Waals surface area (Å²) < 4.78 is 11.2. The van der Waals surface area contributed by atoms with Gasteiger partial charge in [0, 0.05) is 18.7 Å². The number of nitrogens with one attached hydrogen (secondary N) is 2. The molecule has 164 valence electrons. The first-order valence-corrected chi connectivity index (χ1v) is 10.9. The van der Waals surface area contributed by atoms with Crippen molar-refractivity contribution in [2.45, 2.75) is 6.61 Å². The van der Waals surface area contributed by atoms with Gasteiger partial charge in [0.05, 0.1) is 24.6 Å². The second kappa shape index (κ2) is 10.7. The number of amides is 1. The maximum absolute atomic E-state index is 12.6. The minimum atomic E-state index is -0.277. The van der Waals surface area contributed by atoms with Crippen molar-refractivity contribution in [2.24, 2.45) is 0 Å². The molecule has 0 bridgehead atoms. The van der Waals surface area contributed by atoms with Crippen LogP contribution in [0.4, 0.5) is 11.4 Å². The number of carbonyl (C=O) groups is 1. The zero-order valence-corrected chi connectivity index (χ0v) is 18.4. The van der Waals surface area contributed by atoms with E-state index in [0.29, 0.717) is 31.1 Å². The Morgan fingerprint density at radius 1 is 0.938 bits per heavy atom. The number of carbonyl (C=O) groups excluding carboxylic acids is 1. The van der Waals surface area contributed by atoms with Crippen LogP contribution in [0.2, 0.25) is 0 Å². The number of hydrogen-bond donors (Lipinski definition) is 2. The highest BCUT2D eigenvalue weighted by Crippen LogP contribution is 2.26. The van der Waals surface area contributed by atoms with Gasteiger partial charge in [0.1, 0.15) is 12.4 Å². The molecule has 6 nitrogen and oxygen atoms in total. The van der Waals surface area contributed by atoms with Crippen molar-refractivity contribution < 1.29 is 14.3 Å². The molecule has 0 spiro atoms. The Kier molecular flexibility index (Phi) is 7.32. The zero-order chi connectivity index (χ0) is 22.2. The van der Waals surface area contributed by atoms with E-state index in [1.54, 1.807) is 24.3 Å². The first kappa shape index (κ1) is 21.8. The predicted molar refractivity (Wildman–Crippen MR) is 130 cm³/mol. The van der Waals surface area contributed by atoms with Crippen molar-refractivity contribution in [1.29, 1.82) is 0 Å². The highest BCUT2D eigenvalue weighted by Gasteiger charge is 2.16. The van der Waals surface area contributed by atoms with Crippen LogP contribution >= 0.6 is 12.2 Å². The topological polar surface area (TPSA) is 62.8 Å². The fraction of sp³-hybridized carbons (Fsp3) is 0.200. The van der Waals surface area contributed by atoms with Gasteiger partial charge in [-0.25, -0.2) is 0 Å². The van der Waals surface area contributed by atoms with Gasteiger partial charge < -0.3 is 19.7 Å². The number of ether oxygens (including phenoxy) is 2. The number of nitrogens with zero attached hydrogens (tertiary/aromatic N) is 1. The molecule has 0 saturated carbocycles. The Bertz CT molecular complexity index is 1050. The molecule has 0 atom stereocenters. The first-order chi connectivity index (χ1) is 15.7. The van der Waals surface area contributed by atoms with Crippen molar-refractivity contribution in [2.75, 3.05) is 36.5 Å². The van der Waals surface area contributed by atoms with Crippen molar-refractivity contribution in [3.63, 3.8) is 0 Å². The lowest BCUT2D eigenvalue weighted by Crippen LogP contribution is -2.38. The largest absolute Gasteiger partial charge is 0.489 e. The molecule has 32 heavy (non-hydrogen) atoms. The van der Waals surface area contributed by atoms with E-state index in [0.717, 1.165) is 30.0 Å². The molecular formula is C25H25N3O3S. The molecule has 1 heterocycles. The van der Waals surface area contributed by atoms with E-state index in [1.807, 2.05) is 54.6 Å². The monoisotopic (exact) mass is 447 g/mol. The van der Waals surface area contributed by atoms with Crippen molar-refractivity contribution in [3.05, 3.63) is 90.0 Å². The highest BCUT2D eigenvalue weighted by atomic mass is 32.1. The van der Waals surface area contributed by atoms with E-state index in [4.69, 9.17) is 21.7 Å². The predicted octanol–water partition coefficient (Wildman–Crippen LogP) is 4.23. The maximum atomic E-state index is 12.6. The Hall–Kier alpha value is -3.42. The van der Waals surface area contributed by atoms with E-state index in [9.17, 15) is 4.79 Å². The van der Waals surface area contributed by atoms with E-state index >= 15 is 0 Å². The molecule has 4 rings (SSSR count). The van der Waals surface area contributed by atoms with Crippen LogP contribution in [0.5, 0.6) is 5.75 Å². The van der Waals surface area contributed by atoms with Crippen LogP contribution in [0.3, 0.4) is 0 Å². The van der Waals surface area contributed by atoms with E-state index in [-0.39, 0.29) is 11.0 Å². The van der Waals surface area contributed by atoms with Gasteiger partial charge in [0.25, 0.3) is 5.91 Å². The van der Waals surface area contributed by atoms with Crippen LogP contribution in [0.15, 0.2) is 78.9 Å². The Balaban J connectivity index is 1.32. The molecule has 3 aromatic rings. The minimum Gasteiger partial charge on any atom is -0.489 e. The number of hydrogen-bond acceptors (Lipinski definition) is 5. The summed E-state index contributed by atoms with van der Waals surface area (Å²) in [5.41, 5.74) is 3.47. The SMILES string of the molecule is O=C(NC(=S)Nc1ccccc1N1CCOCC1)c1ccc(OCc2ccccc2)cc1. The first-order valence-electron chi connectivity index (χ1n) is 10.5. The lowest BCUT2D eigenvalue weighted by Gasteiger charge is -2.30. The molecule has 2 N–H and O–H groups in total. The van der Waals surface area contributed by atoms with Crippen LogP contribution in [0.1, 0.15) is 15.9 Å². The normalized spacial score (nSPS) is 13.3. The molecule has 1 saturated heterocycles. The summed E-state index contributed by atoms with van der Waals surface area (Å²) in [5, 5.41) is 6.15. The highest BCUT2D eigenvalue weighted by molar-refractivity contribution is 7.80. The smallest absolute Gasteiger partial charge is 0.257 e. The molecule has 0 aliphatic carbocycles. The van der Waals surface area contributed by atoms with Crippen molar-refractivity contribution >= 4 is 34.6 Å².